The van der Waals surface area contributed by atoms with Crippen molar-refractivity contribution in [1.82, 2.24) is 14.5 Å². The molecule has 1 aromatic rings. The fourth-order valence-corrected chi connectivity index (χ4v) is 3.33. The molecule has 4 nitrogen and oxygen atoms in total. The van der Waals surface area contributed by atoms with Crippen LogP contribution in [0.25, 0.3) is 0 Å². The number of rotatable bonds is 3. The summed E-state index contributed by atoms with van der Waals surface area (Å²) >= 11 is 0. The molecule has 1 aromatic heterocycles. The highest BCUT2D eigenvalue weighted by Crippen LogP contribution is 2.28. The van der Waals surface area contributed by atoms with Crippen LogP contribution in [0.2, 0.25) is 0 Å². The largest absolute Gasteiger partial charge is 0.387 e. The number of likely N-dealkylation sites (tertiary alicyclic amines) is 1. The Balaban J connectivity index is 1.70. The summed E-state index contributed by atoms with van der Waals surface area (Å²) in [5.41, 5.74) is 1.03. The second-order valence-corrected chi connectivity index (χ2v) is 5.66. The molecule has 18 heavy (non-hydrogen) atoms. The molecule has 0 amide bonds. The third kappa shape index (κ3) is 2.19. The van der Waals surface area contributed by atoms with E-state index >= 15 is 0 Å². The van der Waals surface area contributed by atoms with E-state index in [1.54, 1.807) is 0 Å². The molecule has 0 aromatic carbocycles. The van der Waals surface area contributed by atoms with Crippen LogP contribution in [-0.4, -0.2) is 39.2 Å². The van der Waals surface area contributed by atoms with Gasteiger partial charge in [-0.15, -0.1) is 0 Å². The predicted octanol–water partition coefficient (Wildman–Crippen LogP) is 1.59. The summed E-state index contributed by atoms with van der Waals surface area (Å²) in [5, 5.41) is 9.95. The van der Waals surface area contributed by atoms with Crippen LogP contribution < -0.4 is 0 Å². The number of hydrogen-bond donors (Lipinski definition) is 1. The molecule has 2 unspecified atom stereocenters. The monoisotopic (exact) mass is 249 g/mol. The van der Waals surface area contributed by atoms with Gasteiger partial charge in [0.05, 0.1) is 18.0 Å². The van der Waals surface area contributed by atoms with Gasteiger partial charge < -0.3 is 14.6 Å². The zero-order chi connectivity index (χ0) is 12.5. The third-order valence-electron chi connectivity index (χ3n) is 4.46. The van der Waals surface area contributed by atoms with Crippen LogP contribution in [-0.2, 0) is 13.0 Å². The average molecular weight is 249 g/mol. The van der Waals surface area contributed by atoms with Crippen LogP contribution >= 0.6 is 0 Å². The van der Waals surface area contributed by atoms with Crippen LogP contribution in [0.3, 0.4) is 0 Å². The van der Waals surface area contributed by atoms with Gasteiger partial charge in [-0.2, -0.15) is 0 Å². The molecule has 0 saturated carbocycles. The number of nitrogens with zero attached hydrogens (tertiary/aromatic N) is 3. The molecule has 100 valence electrons. The molecular formula is C14H23N3O. The Bertz CT molecular complexity index is 415. The summed E-state index contributed by atoms with van der Waals surface area (Å²) in [5.74, 6) is 1.93. The number of aromatic nitrogens is 2. The summed E-state index contributed by atoms with van der Waals surface area (Å²) in [6, 6.07) is 0. The summed E-state index contributed by atoms with van der Waals surface area (Å²) in [7, 11) is 0. The SMILES string of the molecule is CCN1CCC(Cc2ncc3n2CCCC3O)C1. The van der Waals surface area contributed by atoms with Crippen molar-refractivity contribution in [2.75, 3.05) is 19.6 Å². The average Bonchev–Trinajstić information content (AvgIpc) is 2.98. The van der Waals surface area contributed by atoms with E-state index in [1.165, 1.54) is 25.3 Å². The van der Waals surface area contributed by atoms with Gasteiger partial charge in [-0.05, 0) is 38.3 Å². The predicted molar refractivity (Wildman–Crippen MR) is 70.3 cm³/mol. The summed E-state index contributed by atoms with van der Waals surface area (Å²) in [6.45, 7) is 6.87. The van der Waals surface area contributed by atoms with Crippen LogP contribution in [0.15, 0.2) is 6.20 Å². The van der Waals surface area contributed by atoms with Crippen LogP contribution in [0.1, 0.15) is 43.8 Å². The highest BCUT2D eigenvalue weighted by molar-refractivity contribution is 5.11. The van der Waals surface area contributed by atoms with Gasteiger partial charge in [0, 0.05) is 19.5 Å². The first-order chi connectivity index (χ1) is 8.78. The van der Waals surface area contributed by atoms with Gasteiger partial charge in [-0.3, -0.25) is 0 Å². The van der Waals surface area contributed by atoms with E-state index in [0.717, 1.165) is 44.0 Å². The number of aliphatic hydroxyl groups excluding tert-OH is 1. The molecule has 2 aliphatic rings. The van der Waals surface area contributed by atoms with Crippen molar-refractivity contribution in [1.29, 1.82) is 0 Å². The molecule has 3 rings (SSSR count). The van der Waals surface area contributed by atoms with Gasteiger partial charge in [0.15, 0.2) is 0 Å². The quantitative estimate of drug-likeness (QED) is 0.884. The Labute approximate surface area is 109 Å². The molecule has 1 N–H and O–H groups in total. The first-order valence-corrected chi connectivity index (χ1v) is 7.22. The van der Waals surface area contributed by atoms with Gasteiger partial charge in [-0.1, -0.05) is 6.92 Å². The maximum Gasteiger partial charge on any atom is 0.109 e. The van der Waals surface area contributed by atoms with E-state index in [-0.39, 0.29) is 6.10 Å². The highest BCUT2D eigenvalue weighted by Gasteiger charge is 2.26. The van der Waals surface area contributed by atoms with Crippen molar-refractivity contribution in [3.63, 3.8) is 0 Å². The van der Waals surface area contributed by atoms with E-state index in [9.17, 15) is 5.11 Å². The van der Waals surface area contributed by atoms with E-state index in [2.05, 4.69) is 21.4 Å². The van der Waals surface area contributed by atoms with Gasteiger partial charge in [-0.25, -0.2) is 4.98 Å². The van der Waals surface area contributed by atoms with Crippen molar-refractivity contribution in [2.45, 2.75) is 45.3 Å². The first-order valence-electron chi connectivity index (χ1n) is 7.22. The minimum atomic E-state index is -0.296. The zero-order valence-corrected chi connectivity index (χ0v) is 11.2. The number of aliphatic hydroxyl groups is 1. The first kappa shape index (κ1) is 12.2. The van der Waals surface area contributed by atoms with Crippen LogP contribution in [0.4, 0.5) is 0 Å². The lowest BCUT2D eigenvalue weighted by atomic mass is 10.0. The Hall–Kier alpha value is -0.870. The topological polar surface area (TPSA) is 41.3 Å². The molecule has 1 saturated heterocycles. The summed E-state index contributed by atoms with van der Waals surface area (Å²) < 4.78 is 2.25. The fraction of sp³-hybridized carbons (Fsp3) is 0.786. The van der Waals surface area contributed by atoms with Crippen molar-refractivity contribution in [3.8, 4) is 0 Å². The number of fused-ring (bicyclic) bond motifs is 1. The normalized spacial score (nSPS) is 28.6. The summed E-state index contributed by atoms with van der Waals surface area (Å²) in [6.07, 6.45) is 5.91. The van der Waals surface area contributed by atoms with Gasteiger partial charge in [0.25, 0.3) is 0 Å². The van der Waals surface area contributed by atoms with Gasteiger partial charge >= 0.3 is 0 Å². The van der Waals surface area contributed by atoms with E-state index < -0.39 is 0 Å². The van der Waals surface area contributed by atoms with Crippen molar-refractivity contribution in [2.24, 2.45) is 5.92 Å². The third-order valence-corrected chi connectivity index (χ3v) is 4.46. The Kier molecular flexibility index (Phi) is 3.39. The highest BCUT2D eigenvalue weighted by atomic mass is 16.3. The molecule has 0 aliphatic carbocycles. The van der Waals surface area contributed by atoms with Crippen LogP contribution in [0.5, 0.6) is 0 Å². The van der Waals surface area contributed by atoms with Crippen molar-refractivity contribution >= 4 is 0 Å². The standard InChI is InChI=1S/C14H23N3O/c1-2-16-7-5-11(10-16)8-14-15-9-12-13(18)4-3-6-17(12)14/h9,11,13,18H,2-8,10H2,1H3. The zero-order valence-electron chi connectivity index (χ0n) is 11.2. The molecular weight excluding hydrogens is 226 g/mol. The van der Waals surface area contributed by atoms with Crippen LogP contribution in [0, 0.1) is 5.92 Å². The summed E-state index contributed by atoms with van der Waals surface area (Å²) in [4.78, 5) is 7.06. The second-order valence-electron chi connectivity index (χ2n) is 5.66. The molecule has 3 heterocycles. The number of imidazole rings is 1. The molecule has 0 spiro atoms. The second kappa shape index (κ2) is 5.02. The van der Waals surface area contributed by atoms with Crippen molar-refractivity contribution in [3.05, 3.63) is 17.7 Å². The molecule has 4 heteroatoms. The molecule has 0 bridgehead atoms. The maximum atomic E-state index is 9.95. The maximum absolute atomic E-state index is 9.95. The van der Waals surface area contributed by atoms with E-state index in [4.69, 9.17) is 0 Å². The van der Waals surface area contributed by atoms with E-state index in [1.807, 2.05) is 6.20 Å². The van der Waals surface area contributed by atoms with Gasteiger partial charge in [0.1, 0.15) is 5.82 Å². The lowest BCUT2D eigenvalue weighted by Crippen LogP contribution is -2.22. The van der Waals surface area contributed by atoms with E-state index in [0.29, 0.717) is 0 Å². The van der Waals surface area contributed by atoms with Gasteiger partial charge in [0.2, 0.25) is 0 Å². The Morgan fingerprint density at radius 2 is 2.28 bits per heavy atom. The minimum Gasteiger partial charge on any atom is -0.387 e. The fourth-order valence-electron chi connectivity index (χ4n) is 3.33. The molecule has 0 radical (unpaired) electrons. The molecule has 1 fully saturated rings. The lowest BCUT2D eigenvalue weighted by molar-refractivity contribution is 0.138. The number of hydrogen-bond acceptors (Lipinski definition) is 3. The lowest BCUT2D eigenvalue weighted by Gasteiger charge is -2.22. The Morgan fingerprint density at radius 3 is 3.06 bits per heavy atom. The molecule has 2 atom stereocenters. The minimum absolute atomic E-state index is 0.296. The Morgan fingerprint density at radius 1 is 1.39 bits per heavy atom. The smallest absolute Gasteiger partial charge is 0.109 e. The van der Waals surface area contributed by atoms with Crippen molar-refractivity contribution < 1.29 is 5.11 Å². The molecule has 2 aliphatic heterocycles.